The minimum absolute atomic E-state index is 0.211. The van der Waals surface area contributed by atoms with Crippen LogP contribution in [0.1, 0.15) is 12.8 Å². The van der Waals surface area contributed by atoms with E-state index in [1.54, 1.807) is 14.2 Å². The van der Waals surface area contributed by atoms with E-state index in [0.717, 1.165) is 0 Å². The fourth-order valence-corrected chi connectivity index (χ4v) is 1.64. The van der Waals surface area contributed by atoms with Gasteiger partial charge in [0.2, 0.25) is 5.91 Å². The van der Waals surface area contributed by atoms with Crippen molar-refractivity contribution in [3.05, 3.63) is 0 Å². The van der Waals surface area contributed by atoms with Crippen molar-refractivity contribution in [2.45, 2.75) is 24.9 Å². The molecule has 1 saturated carbocycles. The lowest BCUT2D eigenvalue weighted by Crippen LogP contribution is -2.51. The van der Waals surface area contributed by atoms with Crippen LogP contribution in [-0.4, -0.2) is 45.4 Å². The van der Waals surface area contributed by atoms with Gasteiger partial charge < -0.3 is 15.2 Å². The van der Waals surface area contributed by atoms with Crippen LogP contribution >= 0.6 is 0 Å². The first-order valence-corrected chi connectivity index (χ1v) is 5.22. The Morgan fingerprint density at radius 1 is 1.40 bits per heavy atom. The molecule has 2 atom stereocenters. The number of ether oxygens (including phenoxy) is 2. The van der Waals surface area contributed by atoms with Crippen LogP contribution in [0.2, 0.25) is 0 Å². The predicted octanol–water partition coefficient (Wildman–Crippen LogP) is -0.499. The molecule has 1 rings (SSSR count). The van der Waals surface area contributed by atoms with Gasteiger partial charge in [-0.05, 0) is 18.8 Å². The van der Waals surface area contributed by atoms with E-state index in [-0.39, 0.29) is 11.9 Å². The molecule has 88 valence electrons. The average Bonchev–Trinajstić information content (AvgIpc) is 2.99. The molecule has 0 heterocycles. The van der Waals surface area contributed by atoms with Crippen molar-refractivity contribution in [3.63, 3.8) is 0 Å². The zero-order chi connectivity index (χ0) is 11.3. The zero-order valence-electron chi connectivity index (χ0n) is 9.36. The third-order valence-electron chi connectivity index (χ3n) is 2.63. The van der Waals surface area contributed by atoms with Gasteiger partial charge in [0.15, 0.2) is 0 Å². The Bertz CT molecular complexity index is 207. The summed E-state index contributed by atoms with van der Waals surface area (Å²) in [5.74, 6) is 0.238. The van der Waals surface area contributed by atoms with Crippen molar-refractivity contribution in [1.82, 2.24) is 5.32 Å². The third-order valence-corrected chi connectivity index (χ3v) is 2.63. The topological polar surface area (TPSA) is 73.6 Å². The largest absolute Gasteiger partial charge is 0.383 e. The fourth-order valence-electron chi connectivity index (χ4n) is 1.64. The molecule has 1 aliphatic carbocycles. The molecule has 0 saturated heterocycles. The summed E-state index contributed by atoms with van der Waals surface area (Å²) >= 11 is 0. The maximum Gasteiger partial charge on any atom is 0.236 e. The zero-order valence-corrected chi connectivity index (χ0v) is 9.36. The van der Waals surface area contributed by atoms with Crippen LogP contribution in [0.3, 0.4) is 0 Å². The number of primary amides is 1. The molecule has 0 radical (unpaired) electrons. The first kappa shape index (κ1) is 12.4. The number of amides is 1. The highest BCUT2D eigenvalue weighted by molar-refractivity contribution is 5.80. The van der Waals surface area contributed by atoms with Crippen LogP contribution in [0.4, 0.5) is 0 Å². The molecule has 15 heavy (non-hydrogen) atoms. The summed E-state index contributed by atoms with van der Waals surface area (Å²) in [5, 5.41) is 3.19. The Balaban J connectivity index is 2.41. The van der Waals surface area contributed by atoms with Gasteiger partial charge in [-0.1, -0.05) is 0 Å². The van der Waals surface area contributed by atoms with Crippen LogP contribution < -0.4 is 11.1 Å². The fraction of sp³-hybridized carbons (Fsp3) is 0.900. The van der Waals surface area contributed by atoms with Crippen molar-refractivity contribution in [2.24, 2.45) is 11.7 Å². The molecule has 5 heteroatoms. The molecule has 0 aliphatic heterocycles. The molecule has 0 aromatic heterocycles. The second-order valence-electron chi connectivity index (χ2n) is 3.98. The average molecular weight is 216 g/mol. The molecule has 1 fully saturated rings. The lowest BCUT2D eigenvalue weighted by molar-refractivity contribution is -0.121. The van der Waals surface area contributed by atoms with Crippen LogP contribution in [0, 0.1) is 5.92 Å². The summed E-state index contributed by atoms with van der Waals surface area (Å²) in [6.07, 6.45) is 2.39. The molecular weight excluding hydrogens is 196 g/mol. The minimum atomic E-state index is -0.421. The Labute approximate surface area is 90.3 Å². The maximum absolute atomic E-state index is 11.1. The molecule has 3 N–H and O–H groups in total. The van der Waals surface area contributed by atoms with Gasteiger partial charge in [-0.25, -0.2) is 0 Å². The van der Waals surface area contributed by atoms with Gasteiger partial charge >= 0.3 is 0 Å². The van der Waals surface area contributed by atoms with E-state index in [1.807, 2.05) is 0 Å². The van der Waals surface area contributed by atoms with E-state index in [1.165, 1.54) is 12.8 Å². The molecule has 1 aliphatic rings. The Morgan fingerprint density at radius 2 is 2.00 bits per heavy atom. The lowest BCUT2D eigenvalue weighted by Gasteiger charge is -2.22. The lowest BCUT2D eigenvalue weighted by atomic mass is 10.1. The highest BCUT2D eigenvalue weighted by atomic mass is 16.5. The van der Waals surface area contributed by atoms with Crippen LogP contribution in [0.25, 0.3) is 0 Å². The Morgan fingerprint density at radius 3 is 2.40 bits per heavy atom. The predicted molar refractivity (Wildman–Crippen MR) is 56.4 cm³/mol. The minimum Gasteiger partial charge on any atom is -0.383 e. The molecule has 0 aromatic rings. The molecule has 0 aromatic carbocycles. The van der Waals surface area contributed by atoms with E-state index in [2.05, 4.69) is 5.32 Å². The van der Waals surface area contributed by atoms with Gasteiger partial charge in [0, 0.05) is 20.3 Å². The van der Waals surface area contributed by atoms with Gasteiger partial charge in [0.05, 0.1) is 13.2 Å². The van der Waals surface area contributed by atoms with Crippen molar-refractivity contribution in [3.8, 4) is 0 Å². The number of carbonyl (C=O) groups excluding carboxylic acids is 1. The van der Waals surface area contributed by atoms with E-state index >= 15 is 0 Å². The van der Waals surface area contributed by atoms with E-state index in [4.69, 9.17) is 15.2 Å². The molecule has 2 unspecified atom stereocenters. The molecule has 0 spiro atoms. The van der Waals surface area contributed by atoms with Gasteiger partial charge in [0.25, 0.3) is 0 Å². The summed E-state index contributed by atoms with van der Waals surface area (Å²) in [7, 11) is 3.22. The maximum atomic E-state index is 11.1. The second kappa shape index (κ2) is 6.05. The second-order valence-corrected chi connectivity index (χ2v) is 3.98. The molecule has 5 nitrogen and oxygen atoms in total. The quantitative estimate of drug-likeness (QED) is 0.574. The number of nitrogens with two attached hydrogens (primary N) is 1. The van der Waals surface area contributed by atoms with E-state index in [9.17, 15) is 4.79 Å². The van der Waals surface area contributed by atoms with Gasteiger partial charge in [0.1, 0.15) is 6.04 Å². The van der Waals surface area contributed by atoms with Gasteiger partial charge in [-0.2, -0.15) is 0 Å². The Kier molecular flexibility index (Phi) is 5.01. The highest BCUT2D eigenvalue weighted by Gasteiger charge is 2.33. The van der Waals surface area contributed by atoms with E-state index < -0.39 is 6.04 Å². The first-order valence-electron chi connectivity index (χ1n) is 5.22. The highest BCUT2D eigenvalue weighted by Crippen LogP contribution is 2.32. The van der Waals surface area contributed by atoms with E-state index in [0.29, 0.717) is 19.1 Å². The number of hydrogen-bond acceptors (Lipinski definition) is 4. The van der Waals surface area contributed by atoms with Crippen molar-refractivity contribution >= 4 is 5.91 Å². The number of rotatable bonds is 8. The summed E-state index contributed by atoms with van der Waals surface area (Å²) in [6, 6.07) is -0.210. The van der Waals surface area contributed by atoms with Crippen molar-refractivity contribution in [1.29, 1.82) is 0 Å². The van der Waals surface area contributed by atoms with Crippen LogP contribution in [-0.2, 0) is 14.3 Å². The van der Waals surface area contributed by atoms with Gasteiger partial charge in [-0.3, -0.25) is 10.1 Å². The number of methoxy groups -OCH3 is 2. The molecule has 0 bridgehead atoms. The first-order chi connectivity index (χ1) is 7.19. The third kappa shape index (κ3) is 4.15. The van der Waals surface area contributed by atoms with Gasteiger partial charge in [-0.15, -0.1) is 0 Å². The van der Waals surface area contributed by atoms with Crippen LogP contribution in [0.15, 0.2) is 0 Å². The summed E-state index contributed by atoms with van der Waals surface area (Å²) in [5.41, 5.74) is 5.27. The number of nitrogens with one attached hydrogen (secondary N) is 1. The Hall–Kier alpha value is -0.650. The normalized spacial score (nSPS) is 19.9. The monoisotopic (exact) mass is 216 g/mol. The standard InChI is InChI=1S/C10H20N2O3/c1-14-5-8(7-3-4-7)12-9(6-15-2)10(11)13/h7-9,12H,3-6H2,1-2H3,(H2,11,13). The number of hydrogen-bond donors (Lipinski definition) is 2. The summed E-state index contributed by atoms with van der Waals surface area (Å²) in [6.45, 7) is 0.917. The molecular formula is C10H20N2O3. The van der Waals surface area contributed by atoms with Crippen molar-refractivity contribution < 1.29 is 14.3 Å². The molecule has 1 amide bonds. The van der Waals surface area contributed by atoms with Crippen LogP contribution in [0.5, 0.6) is 0 Å². The summed E-state index contributed by atoms with van der Waals surface area (Å²) < 4.78 is 10.0. The smallest absolute Gasteiger partial charge is 0.236 e. The summed E-state index contributed by atoms with van der Waals surface area (Å²) in [4.78, 5) is 11.1. The number of carbonyl (C=O) groups is 1. The van der Waals surface area contributed by atoms with Crippen molar-refractivity contribution in [2.75, 3.05) is 27.4 Å². The SMILES string of the molecule is COCC(NC(COC)C1CC1)C(N)=O.